The molecule has 106 valence electrons. The number of benzene rings is 2. The van der Waals surface area contributed by atoms with E-state index in [1.165, 1.54) is 12.1 Å². The maximum Gasteiger partial charge on any atom is 0.336 e. The number of phenols is 1. The van der Waals surface area contributed by atoms with Gasteiger partial charge in [0.25, 0.3) is 0 Å². The normalized spacial score (nSPS) is 10.7. The van der Waals surface area contributed by atoms with Gasteiger partial charge in [0.2, 0.25) is 0 Å². The van der Waals surface area contributed by atoms with Crippen LogP contribution in [0.25, 0.3) is 11.0 Å². The molecule has 0 amide bonds. The van der Waals surface area contributed by atoms with Crippen LogP contribution in [0.1, 0.15) is 16.1 Å². The van der Waals surface area contributed by atoms with E-state index in [0.717, 1.165) is 0 Å². The maximum atomic E-state index is 11.1. The summed E-state index contributed by atoms with van der Waals surface area (Å²) in [5, 5.41) is 19.0. The molecule has 0 saturated heterocycles. The molecule has 5 heteroatoms. The van der Waals surface area contributed by atoms with Gasteiger partial charge in [0.05, 0.1) is 5.56 Å². The van der Waals surface area contributed by atoms with Crippen molar-refractivity contribution in [1.29, 1.82) is 0 Å². The second kappa shape index (κ2) is 5.20. The number of rotatable bonds is 4. The highest BCUT2D eigenvalue weighted by atomic mass is 16.5. The molecule has 0 spiro atoms. The average molecular weight is 284 g/mol. The van der Waals surface area contributed by atoms with E-state index in [1.54, 1.807) is 36.4 Å². The van der Waals surface area contributed by atoms with E-state index in [4.69, 9.17) is 14.3 Å². The van der Waals surface area contributed by atoms with Gasteiger partial charge in [0.15, 0.2) is 0 Å². The molecule has 0 bridgehead atoms. The van der Waals surface area contributed by atoms with Gasteiger partial charge in [-0.3, -0.25) is 0 Å². The van der Waals surface area contributed by atoms with E-state index in [1.807, 2.05) is 0 Å². The molecule has 21 heavy (non-hydrogen) atoms. The Hall–Kier alpha value is -2.95. The molecule has 0 unspecified atom stereocenters. The van der Waals surface area contributed by atoms with Crippen LogP contribution in [0.4, 0.5) is 0 Å². The number of hydrogen-bond donors (Lipinski definition) is 2. The zero-order valence-corrected chi connectivity index (χ0v) is 10.9. The lowest BCUT2D eigenvalue weighted by Crippen LogP contribution is -1.95. The summed E-state index contributed by atoms with van der Waals surface area (Å²) in [6.07, 6.45) is 0. The van der Waals surface area contributed by atoms with Crippen LogP contribution in [-0.4, -0.2) is 16.2 Å². The molecule has 1 aromatic heterocycles. The van der Waals surface area contributed by atoms with Gasteiger partial charge in [0.1, 0.15) is 29.4 Å². The number of phenolic OH excluding ortho intramolecular Hbond substituents is 1. The summed E-state index contributed by atoms with van der Waals surface area (Å²) in [7, 11) is 0. The average Bonchev–Trinajstić information content (AvgIpc) is 2.87. The quantitative estimate of drug-likeness (QED) is 0.767. The summed E-state index contributed by atoms with van der Waals surface area (Å²) in [6.45, 7) is 0.150. The molecule has 1 heterocycles. The second-order valence-corrected chi connectivity index (χ2v) is 4.52. The summed E-state index contributed by atoms with van der Waals surface area (Å²) in [6, 6.07) is 13.0. The first-order valence-electron chi connectivity index (χ1n) is 6.30. The summed E-state index contributed by atoms with van der Waals surface area (Å²) >= 11 is 0. The Morgan fingerprint density at radius 1 is 1.14 bits per heavy atom. The molecule has 2 aromatic carbocycles. The molecule has 0 aliphatic rings. The minimum Gasteiger partial charge on any atom is -0.508 e. The van der Waals surface area contributed by atoms with Gasteiger partial charge in [-0.1, -0.05) is 12.1 Å². The number of carboxylic acid groups (broad SMARTS) is 1. The molecular weight excluding hydrogens is 272 g/mol. The first-order chi connectivity index (χ1) is 10.1. The van der Waals surface area contributed by atoms with E-state index in [0.29, 0.717) is 22.5 Å². The van der Waals surface area contributed by atoms with Gasteiger partial charge in [-0.2, -0.15) is 0 Å². The zero-order chi connectivity index (χ0) is 14.8. The Bertz CT molecular complexity index is 803. The molecular formula is C16H12O5. The van der Waals surface area contributed by atoms with Crippen LogP contribution in [0.2, 0.25) is 0 Å². The van der Waals surface area contributed by atoms with Crippen molar-refractivity contribution in [3.8, 4) is 11.5 Å². The number of fused-ring (bicyclic) bond motifs is 1. The largest absolute Gasteiger partial charge is 0.508 e. The van der Waals surface area contributed by atoms with Crippen LogP contribution in [0.3, 0.4) is 0 Å². The highest BCUT2D eigenvalue weighted by Gasteiger charge is 2.12. The van der Waals surface area contributed by atoms with Crippen LogP contribution in [0.15, 0.2) is 52.9 Å². The number of furan rings is 1. The number of ether oxygens (including phenoxy) is 1. The van der Waals surface area contributed by atoms with Crippen molar-refractivity contribution in [2.24, 2.45) is 0 Å². The van der Waals surface area contributed by atoms with Crippen molar-refractivity contribution >= 4 is 16.9 Å². The van der Waals surface area contributed by atoms with Crippen molar-refractivity contribution in [1.82, 2.24) is 0 Å². The fourth-order valence-corrected chi connectivity index (χ4v) is 2.10. The Labute approximate surface area is 120 Å². The lowest BCUT2D eigenvalue weighted by molar-refractivity contribution is 0.0699. The van der Waals surface area contributed by atoms with Crippen LogP contribution in [0.5, 0.6) is 11.5 Å². The monoisotopic (exact) mass is 284 g/mol. The molecule has 0 aliphatic heterocycles. The van der Waals surface area contributed by atoms with Crippen molar-refractivity contribution in [3.05, 3.63) is 59.9 Å². The Kier molecular flexibility index (Phi) is 3.23. The van der Waals surface area contributed by atoms with Crippen molar-refractivity contribution in [2.75, 3.05) is 0 Å². The molecule has 2 N–H and O–H groups in total. The van der Waals surface area contributed by atoms with E-state index in [9.17, 15) is 9.90 Å². The van der Waals surface area contributed by atoms with Crippen LogP contribution >= 0.6 is 0 Å². The highest BCUT2D eigenvalue weighted by Crippen LogP contribution is 2.25. The molecule has 5 nitrogen and oxygen atoms in total. The standard InChI is InChI=1S/C16H12O5/c17-10-3-1-4-11(7-10)20-9-12-8-14-13(16(18)19)5-2-6-15(14)21-12/h1-8,17H,9H2,(H,18,19). The topological polar surface area (TPSA) is 79.9 Å². The predicted octanol–water partition coefficient (Wildman–Crippen LogP) is 3.42. The van der Waals surface area contributed by atoms with Gasteiger partial charge in [0, 0.05) is 11.5 Å². The number of carbonyl (C=O) groups is 1. The SMILES string of the molecule is O=C(O)c1cccc2oc(COc3cccc(O)c3)cc12. The molecule has 0 fully saturated rings. The Balaban J connectivity index is 1.85. The summed E-state index contributed by atoms with van der Waals surface area (Å²) in [5.41, 5.74) is 0.698. The van der Waals surface area contributed by atoms with Crippen molar-refractivity contribution in [3.63, 3.8) is 0 Å². The van der Waals surface area contributed by atoms with Crippen LogP contribution < -0.4 is 4.74 Å². The van der Waals surface area contributed by atoms with Gasteiger partial charge in [-0.05, 0) is 30.3 Å². The van der Waals surface area contributed by atoms with Crippen molar-refractivity contribution in [2.45, 2.75) is 6.61 Å². The Morgan fingerprint density at radius 3 is 2.71 bits per heavy atom. The second-order valence-electron chi connectivity index (χ2n) is 4.52. The highest BCUT2D eigenvalue weighted by molar-refractivity contribution is 6.02. The molecule has 0 radical (unpaired) electrons. The van der Waals surface area contributed by atoms with E-state index in [2.05, 4.69) is 0 Å². The third-order valence-corrected chi connectivity index (χ3v) is 3.04. The molecule has 3 rings (SSSR count). The van der Waals surface area contributed by atoms with Crippen LogP contribution in [0, 0.1) is 0 Å². The summed E-state index contributed by atoms with van der Waals surface area (Å²) < 4.78 is 11.1. The number of hydrogen-bond acceptors (Lipinski definition) is 4. The van der Waals surface area contributed by atoms with Gasteiger partial charge >= 0.3 is 5.97 Å². The number of aromatic carboxylic acids is 1. The number of carboxylic acids is 1. The first kappa shape index (κ1) is 13.1. The lowest BCUT2D eigenvalue weighted by atomic mass is 10.1. The minimum absolute atomic E-state index is 0.116. The number of aromatic hydroxyl groups is 1. The lowest BCUT2D eigenvalue weighted by Gasteiger charge is -2.03. The van der Waals surface area contributed by atoms with E-state index < -0.39 is 5.97 Å². The molecule has 3 aromatic rings. The smallest absolute Gasteiger partial charge is 0.336 e. The van der Waals surface area contributed by atoms with E-state index in [-0.39, 0.29) is 17.9 Å². The Morgan fingerprint density at radius 2 is 1.95 bits per heavy atom. The van der Waals surface area contributed by atoms with E-state index >= 15 is 0 Å². The van der Waals surface area contributed by atoms with Crippen LogP contribution in [-0.2, 0) is 6.61 Å². The van der Waals surface area contributed by atoms with Gasteiger partial charge in [-0.25, -0.2) is 4.79 Å². The maximum absolute atomic E-state index is 11.1. The minimum atomic E-state index is -0.998. The zero-order valence-electron chi connectivity index (χ0n) is 10.9. The summed E-state index contributed by atoms with van der Waals surface area (Å²) in [5.74, 6) is 0.142. The van der Waals surface area contributed by atoms with Gasteiger partial charge in [-0.15, -0.1) is 0 Å². The molecule has 0 aliphatic carbocycles. The van der Waals surface area contributed by atoms with Crippen molar-refractivity contribution < 1.29 is 24.2 Å². The fraction of sp³-hybridized carbons (Fsp3) is 0.0625. The molecule has 0 atom stereocenters. The predicted molar refractivity (Wildman–Crippen MR) is 75.6 cm³/mol. The van der Waals surface area contributed by atoms with Gasteiger partial charge < -0.3 is 19.4 Å². The summed E-state index contributed by atoms with van der Waals surface area (Å²) in [4.78, 5) is 11.1. The third kappa shape index (κ3) is 2.67. The first-order valence-corrected chi connectivity index (χ1v) is 6.30. The fourth-order valence-electron chi connectivity index (χ4n) is 2.10. The molecule has 0 saturated carbocycles. The third-order valence-electron chi connectivity index (χ3n) is 3.04.